The Bertz CT molecular complexity index is 1740. The molecule has 1 saturated heterocycles. The number of benzene rings is 1. The van der Waals surface area contributed by atoms with Gasteiger partial charge in [0.2, 0.25) is 10.0 Å². The highest BCUT2D eigenvalue weighted by Gasteiger charge is 2.42. The summed E-state index contributed by atoms with van der Waals surface area (Å²) in [6.07, 6.45) is 0.0417. The van der Waals surface area contributed by atoms with E-state index >= 15 is 0 Å². The number of nitrogens with zero attached hydrogens (tertiary/aromatic N) is 5. The molecule has 43 heavy (non-hydrogen) atoms. The molecule has 1 aliphatic heterocycles. The number of piperazine rings is 1. The number of ether oxygens (including phenoxy) is 1. The summed E-state index contributed by atoms with van der Waals surface area (Å²) in [4.78, 5) is 23.6. The molecule has 2 unspecified atom stereocenters. The topological polar surface area (TPSA) is 113 Å². The summed E-state index contributed by atoms with van der Waals surface area (Å²) in [5.41, 5.74) is 0.0917. The Balaban J connectivity index is 1.97. The molecule has 3 aromatic rings. The molecular weight excluding hydrogens is 564 g/mol. The summed E-state index contributed by atoms with van der Waals surface area (Å²) in [6.45, 7) is 20.2. The fraction of sp³-hybridized carbons (Fsp3) is 0.656. The molecule has 2 aromatic heterocycles. The number of rotatable bonds is 10. The van der Waals surface area contributed by atoms with Crippen molar-refractivity contribution in [2.45, 2.75) is 116 Å². The normalized spacial score (nSPS) is 20.2. The molecule has 238 valence electrons. The van der Waals surface area contributed by atoms with Gasteiger partial charge in [0, 0.05) is 40.4 Å². The lowest BCUT2D eigenvalue weighted by molar-refractivity contribution is 0.0165. The van der Waals surface area contributed by atoms with Crippen molar-refractivity contribution in [3.05, 3.63) is 33.7 Å². The zero-order valence-electron chi connectivity index (χ0n) is 29.6. The van der Waals surface area contributed by atoms with E-state index in [0.717, 1.165) is 19.4 Å². The highest BCUT2D eigenvalue weighted by molar-refractivity contribution is 7.89. The first-order valence-electron chi connectivity index (χ1n) is 16.2. The SMILES string of the molecule is [2H]C([2H])(C)C(C)(C)Oc1cc(C)c(S(=O)(=O)N2CC(C)N(CC)C(C)(C)C2)cc1-c1nc2c(C(C)CCC)nn(C)c2c(=O)[nH]1. The summed E-state index contributed by atoms with van der Waals surface area (Å²) in [6, 6.07) is 3.14. The summed E-state index contributed by atoms with van der Waals surface area (Å²) in [5.74, 6) is 0.402. The first-order valence-corrected chi connectivity index (χ1v) is 16.7. The molecule has 11 heteroatoms. The molecule has 0 bridgehead atoms. The van der Waals surface area contributed by atoms with Gasteiger partial charge < -0.3 is 9.72 Å². The Morgan fingerprint density at radius 2 is 1.93 bits per heavy atom. The molecule has 3 heterocycles. The molecule has 4 rings (SSSR count). The van der Waals surface area contributed by atoms with Crippen LogP contribution in [0, 0.1) is 6.92 Å². The van der Waals surface area contributed by atoms with Crippen LogP contribution in [0.4, 0.5) is 0 Å². The van der Waals surface area contributed by atoms with Crippen LogP contribution in [-0.4, -0.2) is 74.2 Å². The molecule has 0 aliphatic carbocycles. The zero-order chi connectivity index (χ0) is 33.9. The van der Waals surface area contributed by atoms with E-state index in [-0.39, 0.29) is 39.5 Å². The van der Waals surface area contributed by atoms with Crippen LogP contribution in [0.1, 0.15) is 101 Å². The predicted molar refractivity (Wildman–Crippen MR) is 172 cm³/mol. The number of hydrogen-bond acceptors (Lipinski definition) is 7. The summed E-state index contributed by atoms with van der Waals surface area (Å²) >= 11 is 0. The summed E-state index contributed by atoms with van der Waals surface area (Å²) in [5, 5.41) is 4.63. The fourth-order valence-electron chi connectivity index (χ4n) is 6.41. The van der Waals surface area contributed by atoms with Crippen molar-refractivity contribution in [1.29, 1.82) is 0 Å². The van der Waals surface area contributed by atoms with Crippen LogP contribution in [0.2, 0.25) is 0 Å². The van der Waals surface area contributed by atoms with Crippen molar-refractivity contribution in [2.24, 2.45) is 7.05 Å². The molecule has 0 radical (unpaired) electrons. The third-order valence-electron chi connectivity index (χ3n) is 8.71. The largest absolute Gasteiger partial charge is 0.487 e. The Labute approximate surface area is 259 Å². The number of nitrogens with one attached hydrogen (secondary N) is 1. The number of aryl methyl sites for hydroxylation is 2. The second-order valence-electron chi connectivity index (χ2n) is 13.0. The molecule has 0 saturated carbocycles. The number of sulfonamides is 1. The van der Waals surface area contributed by atoms with Gasteiger partial charge in [-0.3, -0.25) is 14.4 Å². The van der Waals surface area contributed by atoms with Gasteiger partial charge in [-0.2, -0.15) is 9.40 Å². The average Bonchev–Trinajstić information content (AvgIpc) is 3.24. The second-order valence-corrected chi connectivity index (χ2v) is 14.9. The third kappa shape index (κ3) is 6.26. The standard InChI is InChI=1S/C32H50N6O4S/c1-12-15-20(4)26-27-28(36(11)35-26)30(39)34-29(33-27)23-17-25(21(5)16-24(23)42-32(9,10)13-2)43(40,41)37-18-22(6)38(14-3)31(7,8)19-37/h16-17,20,22H,12-15,18-19H2,1-11H3,(H,33,34,39)/i13D2. The monoisotopic (exact) mass is 616 g/mol. The first-order chi connectivity index (χ1) is 20.7. The van der Waals surface area contributed by atoms with Gasteiger partial charge in [-0.25, -0.2) is 13.4 Å². The van der Waals surface area contributed by atoms with Crippen LogP contribution in [0.5, 0.6) is 5.75 Å². The number of likely N-dealkylation sites (N-methyl/N-ethyl adjacent to an activating group) is 1. The number of aromatic nitrogens is 4. The van der Waals surface area contributed by atoms with Gasteiger partial charge in [0.1, 0.15) is 22.7 Å². The van der Waals surface area contributed by atoms with E-state index in [9.17, 15) is 13.2 Å². The molecule has 1 fully saturated rings. The second kappa shape index (κ2) is 12.0. The number of aromatic amines is 1. The lowest BCUT2D eigenvalue weighted by Gasteiger charge is -2.50. The highest BCUT2D eigenvalue weighted by atomic mass is 32.2. The van der Waals surface area contributed by atoms with Crippen LogP contribution < -0.4 is 10.3 Å². The van der Waals surface area contributed by atoms with Crippen LogP contribution >= 0.6 is 0 Å². The smallest absolute Gasteiger partial charge is 0.277 e. The minimum absolute atomic E-state index is 0.0121. The highest BCUT2D eigenvalue weighted by Crippen LogP contribution is 2.38. The van der Waals surface area contributed by atoms with Gasteiger partial charge in [-0.1, -0.05) is 34.1 Å². The van der Waals surface area contributed by atoms with Crippen LogP contribution in [-0.2, 0) is 17.1 Å². The van der Waals surface area contributed by atoms with Crippen LogP contribution in [0.15, 0.2) is 21.8 Å². The van der Waals surface area contributed by atoms with Crippen LogP contribution in [0.3, 0.4) is 0 Å². The predicted octanol–water partition coefficient (Wildman–Crippen LogP) is 5.60. The van der Waals surface area contributed by atoms with Crippen molar-refractivity contribution in [3.8, 4) is 17.1 Å². The Hall–Kier alpha value is -2.76. The van der Waals surface area contributed by atoms with E-state index in [0.29, 0.717) is 35.4 Å². The molecule has 2 atom stereocenters. The Morgan fingerprint density at radius 3 is 2.51 bits per heavy atom. The van der Waals surface area contributed by atoms with Crippen molar-refractivity contribution >= 4 is 21.1 Å². The molecule has 0 spiro atoms. The first kappa shape index (κ1) is 30.3. The maximum atomic E-state index is 14.4. The Morgan fingerprint density at radius 1 is 1.26 bits per heavy atom. The molecule has 1 aliphatic rings. The van der Waals surface area contributed by atoms with Gasteiger partial charge in [0.05, 0.1) is 16.2 Å². The van der Waals surface area contributed by atoms with E-state index in [1.54, 1.807) is 33.9 Å². The van der Waals surface area contributed by atoms with E-state index < -0.39 is 27.6 Å². The van der Waals surface area contributed by atoms with E-state index in [1.807, 2.05) is 13.8 Å². The van der Waals surface area contributed by atoms with Crippen molar-refractivity contribution in [2.75, 3.05) is 19.6 Å². The maximum Gasteiger partial charge on any atom is 0.277 e. The molecule has 10 nitrogen and oxygen atoms in total. The molecule has 1 aromatic carbocycles. The van der Waals surface area contributed by atoms with E-state index in [1.165, 1.54) is 22.0 Å². The van der Waals surface area contributed by atoms with Crippen molar-refractivity contribution in [1.82, 2.24) is 29.0 Å². The minimum atomic E-state index is -3.98. The van der Waals surface area contributed by atoms with E-state index in [2.05, 4.69) is 42.7 Å². The number of fused-ring (bicyclic) bond motifs is 1. The van der Waals surface area contributed by atoms with Gasteiger partial charge in [-0.15, -0.1) is 0 Å². The maximum absolute atomic E-state index is 14.4. The van der Waals surface area contributed by atoms with Crippen LogP contribution in [0.25, 0.3) is 22.4 Å². The molecular formula is C32H50N6O4S. The van der Waals surface area contributed by atoms with Gasteiger partial charge in [0.15, 0.2) is 5.52 Å². The number of hydrogen-bond donors (Lipinski definition) is 1. The minimum Gasteiger partial charge on any atom is -0.487 e. The molecule has 1 N–H and O–H groups in total. The lowest BCUT2D eigenvalue weighted by Crippen LogP contribution is -2.63. The fourth-order valence-corrected chi connectivity index (χ4v) is 8.32. The lowest BCUT2D eigenvalue weighted by atomic mass is 9.97. The van der Waals surface area contributed by atoms with Crippen molar-refractivity contribution in [3.63, 3.8) is 0 Å². The van der Waals surface area contributed by atoms with Gasteiger partial charge in [-0.05, 0) is 78.6 Å². The quantitative estimate of drug-likeness (QED) is 0.316. The zero-order valence-corrected chi connectivity index (χ0v) is 28.4. The third-order valence-corrected chi connectivity index (χ3v) is 10.7. The molecule has 0 amide bonds. The van der Waals surface area contributed by atoms with E-state index in [4.69, 9.17) is 12.5 Å². The Kier molecular flexibility index (Phi) is 8.43. The summed E-state index contributed by atoms with van der Waals surface area (Å²) in [7, 11) is -2.28. The number of H-pyrrole nitrogens is 1. The average molecular weight is 617 g/mol. The summed E-state index contributed by atoms with van der Waals surface area (Å²) < 4.78 is 54.9. The van der Waals surface area contributed by atoms with Crippen molar-refractivity contribution < 1.29 is 15.9 Å². The van der Waals surface area contributed by atoms with Gasteiger partial charge in [0.25, 0.3) is 5.56 Å². The van der Waals surface area contributed by atoms with Gasteiger partial charge >= 0.3 is 0 Å².